The van der Waals surface area contributed by atoms with Gasteiger partial charge >= 0.3 is 5.97 Å². The minimum atomic E-state index is -0.0214. The lowest BCUT2D eigenvalue weighted by molar-refractivity contribution is -0.148. The fraction of sp³-hybridized carbons (Fsp3) is 0.900. The van der Waals surface area contributed by atoms with E-state index in [9.17, 15) is 4.79 Å². The molecule has 1 aliphatic carbocycles. The molecule has 0 radical (unpaired) electrons. The van der Waals surface area contributed by atoms with Crippen LogP contribution in [0.4, 0.5) is 0 Å². The molecule has 1 atom stereocenters. The van der Waals surface area contributed by atoms with Crippen molar-refractivity contribution >= 4 is 5.97 Å². The summed E-state index contributed by atoms with van der Waals surface area (Å²) in [6.45, 7) is 1.82. The van der Waals surface area contributed by atoms with Gasteiger partial charge in [0.05, 0.1) is 13.0 Å². The Balaban J connectivity index is 2.13. The number of hydrogen-bond acceptors (Lipinski definition) is 3. The zero-order valence-corrected chi connectivity index (χ0v) is 8.14. The Hall–Kier alpha value is -0.570. The second-order valence-electron chi connectivity index (χ2n) is 4.28. The molecule has 0 aromatic heterocycles. The molecule has 1 aliphatic heterocycles. The van der Waals surface area contributed by atoms with Crippen molar-refractivity contribution in [1.29, 1.82) is 0 Å². The van der Waals surface area contributed by atoms with Gasteiger partial charge < -0.3 is 10.1 Å². The molecule has 0 unspecified atom stereocenters. The van der Waals surface area contributed by atoms with Gasteiger partial charge in [-0.3, -0.25) is 4.79 Å². The van der Waals surface area contributed by atoms with Crippen LogP contribution in [0, 0.1) is 11.3 Å². The zero-order valence-electron chi connectivity index (χ0n) is 8.14. The van der Waals surface area contributed by atoms with E-state index in [0.29, 0.717) is 0 Å². The highest BCUT2D eigenvalue weighted by Crippen LogP contribution is 2.46. The van der Waals surface area contributed by atoms with Gasteiger partial charge in [0, 0.05) is 13.1 Å². The maximum Gasteiger partial charge on any atom is 0.310 e. The van der Waals surface area contributed by atoms with Crippen molar-refractivity contribution in [3.8, 4) is 0 Å². The Morgan fingerprint density at radius 3 is 2.77 bits per heavy atom. The molecule has 3 heteroatoms. The predicted octanol–water partition coefficient (Wildman–Crippen LogP) is 0.939. The molecule has 0 aromatic carbocycles. The van der Waals surface area contributed by atoms with Crippen molar-refractivity contribution in [2.45, 2.75) is 25.7 Å². The molecule has 74 valence electrons. The third-order valence-corrected chi connectivity index (χ3v) is 3.65. The Morgan fingerprint density at radius 2 is 2.15 bits per heavy atom. The van der Waals surface area contributed by atoms with Crippen molar-refractivity contribution in [2.24, 2.45) is 11.3 Å². The van der Waals surface area contributed by atoms with Crippen LogP contribution in [-0.2, 0) is 9.53 Å². The number of carbonyl (C=O) groups excluding carboxylic acids is 1. The topological polar surface area (TPSA) is 38.3 Å². The van der Waals surface area contributed by atoms with E-state index in [1.807, 2.05) is 0 Å². The molecule has 1 N–H and O–H groups in total. The average Bonchev–Trinajstić information content (AvgIpc) is 2.76. The van der Waals surface area contributed by atoms with Crippen LogP contribution in [0.1, 0.15) is 25.7 Å². The molecule has 0 amide bonds. The molecule has 1 saturated carbocycles. The summed E-state index contributed by atoms with van der Waals surface area (Å²) in [4.78, 5) is 11.5. The maximum atomic E-state index is 11.5. The molecule has 1 saturated heterocycles. The van der Waals surface area contributed by atoms with Crippen LogP contribution in [0.2, 0.25) is 0 Å². The Morgan fingerprint density at radius 1 is 1.46 bits per heavy atom. The van der Waals surface area contributed by atoms with E-state index in [4.69, 9.17) is 4.74 Å². The first-order valence-corrected chi connectivity index (χ1v) is 5.07. The van der Waals surface area contributed by atoms with Crippen LogP contribution in [0.15, 0.2) is 0 Å². The lowest BCUT2D eigenvalue weighted by atomic mass is 9.76. The fourth-order valence-electron chi connectivity index (χ4n) is 2.89. The Bertz CT molecular complexity index is 203. The molecule has 2 rings (SSSR count). The minimum absolute atomic E-state index is 0.0214. The standard InChI is InChI=1S/C10H17NO2/c1-13-9(12)8-6-11-7-10(8)4-2-3-5-10/h8,11H,2-7H2,1H3/t8-/m0/s1. The third kappa shape index (κ3) is 1.35. The van der Waals surface area contributed by atoms with Crippen molar-refractivity contribution < 1.29 is 9.53 Å². The fourth-order valence-corrected chi connectivity index (χ4v) is 2.89. The summed E-state index contributed by atoms with van der Waals surface area (Å²) in [5.74, 6) is 0.0897. The maximum absolute atomic E-state index is 11.5. The summed E-state index contributed by atoms with van der Waals surface area (Å²) in [7, 11) is 1.49. The lowest BCUT2D eigenvalue weighted by Gasteiger charge is -2.27. The molecule has 2 aliphatic rings. The summed E-state index contributed by atoms with van der Waals surface area (Å²) in [5.41, 5.74) is 0.243. The van der Waals surface area contributed by atoms with E-state index in [-0.39, 0.29) is 17.3 Å². The molecular weight excluding hydrogens is 166 g/mol. The molecule has 0 aromatic rings. The predicted molar refractivity (Wildman–Crippen MR) is 49.3 cm³/mol. The summed E-state index contributed by atoms with van der Waals surface area (Å²) in [6.07, 6.45) is 4.93. The smallest absolute Gasteiger partial charge is 0.310 e. The minimum Gasteiger partial charge on any atom is -0.469 e. The number of nitrogens with one attached hydrogen (secondary N) is 1. The lowest BCUT2D eigenvalue weighted by Crippen LogP contribution is -2.33. The van der Waals surface area contributed by atoms with Gasteiger partial charge in [-0.2, -0.15) is 0 Å². The first-order valence-electron chi connectivity index (χ1n) is 5.07. The first-order chi connectivity index (χ1) is 6.28. The Kier molecular flexibility index (Phi) is 2.28. The van der Waals surface area contributed by atoms with E-state index < -0.39 is 0 Å². The van der Waals surface area contributed by atoms with E-state index in [1.54, 1.807) is 0 Å². The normalized spacial score (nSPS) is 31.0. The monoisotopic (exact) mass is 183 g/mol. The molecule has 0 bridgehead atoms. The van der Waals surface area contributed by atoms with Crippen LogP contribution in [0.5, 0.6) is 0 Å². The number of ether oxygens (including phenoxy) is 1. The van der Waals surface area contributed by atoms with Gasteiger partial charge in [0.2, 0.25) is 0 Å². The summed E-state index contributed by atoms with van der Waals surface area (Å²) in [6, 6.07) is 0. The molecule has 13 heavy (non-hydrogen) atoms. The van der Waals surface area contributed by atoms with Gasteiger partial charge in [0.1, 0.15) is 0 Å². The van der Waals surface area contributed by atoms with Crippen molar-refractivity contribution in [3.05, 3.63) is 0 Å². The van der Waals surface area contributed by atoms with Gasteiger partial charge in [-0.05, 0) is 18.3 Å². The number of rotatable bonds is 1. The SMILES string of the molecule is COC(=O)[C@@H]1CNCC12CCCC2. The number of hydrogen-bond donors (Lipinski definition) is 1. The van der Waals surface area contributed by atoms with Crippen LogP contribution in [-0.4, -0.2) is 26.2 Å². The molecule has 1 spiro atoms. The largest absolute Gasteiger partial charge is 0.469 e. The van der Waals surface area contributed by atoms with Crippen LogP contribution >= 0.6 is 0 Å². The highest BCUT2D eigenvalue weighted by atomic mass is 16.5. The van der Waals surface area contributed by atoms with Gasteiger partial charge in [-0.15, -0.1) is 0 Å². The molecular formula is C10H17NO2. The van der Waals surface area contributed by atoms with Crippen molar-refractivity contribution in [2.75, 3.05) is 20.2 Å². The van der Waals surface area contributed by atoms with Crippen molar-refractivity contribution in [1.82, 2.24) is 5.32 Å². The molecule has 2 fully saturated rings. The third-order valence-electron chi connectivity index (χ3n) is 3.65. The van der Waals surface area contributed by atoms with Crippen LogP contribution < -0.4 is 5.32 Å². The number of carbonyl (C=O) groups is 1. The van der Waals surface area contributed by atoms with Crippen LogP contribution in [0.3, 0.4) is 0 Å². The van der Waals surface area contributed by atoms with E-state index >= 15 is 0 Å². The summed E-state index contributed by atoms with van der Waals surface area (Å²) in [5, 5.41) is 3.32. The molecule has 1 heterocycles. The van der Waals surface area contributed by atoms with E-state index in [0.717, 1.165) is 13.1 Å². The van der Waals surface area contributed by atoms with Gasteiger partial charge in [0.25, 0.3) is 0 Å². The summed E-state index contributed by atoms with van der Waals surface area (Å²) < 4.78 is 4.84. The quantitative estimate of drug-likeness (QED) is 0.615. The van der Waals surface area contributed by atoms with Crippen molar-refractivity contribution in [3.63, 3.8) is 0 Å². The van der Waals surface area contributed by atoms with Gasteiger partial charge in [0.15, 0.2) is 0 Å². The van der Waals surface area contributed by atoms with E-state index in [1.165, 1.54) is 32.8 Å². The average molecular weight is 183 g/mol. The second kappa shape index (κ2) is 3.29. The van der Waals surface area contributed by atoms with Crippen LogP contribution in [0.25, 0.3) is 0 Å². The Labute approximate surface area is 78.8 Å². The first kappa shape index (κ1) is 9.00. The summed E-state index contributed by atoms with van der Waals surface area (Å²) >= 11 is 0. The second-order valence-corrected chi connectivity index (χ2v) is 4.28. The van der Waals surface area contributed by atoms with Gasteiger partial charge in [-0.25, -0.2) is 0 Å². The number of esters is 1. The number of methoxy groups -OCH3 is 1. The van der Waals surface area contributed by atoms with E-state index in [2.05, 4.69) is 5.32 Å². The zero-order chi connectivity index (χ0) is 9.31. The van der Waals surface area contributed by atoms with Gasteiger partial charge in [-0.1, -0.05) is 12.8 Å². The highest BCUT2D eigenvalue weighted by molar-refractivity contribution is 5.74. The molecule has 3 nitrogen and oxygen atoms in total. The highest BCUT2D eigenvalue weighted by Gasteiger charge is 2.48.